The number of carbonyl (C=O) groups is 4. The van der Waals surface area contributed by atoms with E-state index in [1.165, 1.54) is 41.6 Å². The van der Waals surface area contributed by atoms with Gasteiger partial charge in [-0.15, -0.1) is 23.5 Å². The van der Waals surface area contributed by atoms with Gasteiger partial charge in [0.2, 0.25) is 5.91 Å². The van der Waals surface area contributed by atoms with Crippen LogP contribution in [0.4, 0.5) is 0 Å². The van der Waals surface area contributed by atoms with Gasteiger partial charge in [-0.05, 0) is 23.3 Å². The van der Waals surface area contributed by atoms with Gasteiger partial charge >= 0.3 is 11.9 Å². The van der Waals surface area contributed by atoms with Crippen molar-refractivity contribution >= 4 is 47.3 Å². The molecule has 0 radical (unpaired) electrons. The molecular formula is C33H37N5O6S2. The third-order valence-electron chi connectivity index (χ3n) is 6.86. The molecule has 0 aliphatic carbocycles. The van der Waals surface area contributed by atoms with Crippen molar-refractivity contribution in [1.29, 1.82) is 0 Å². The lowest BCUT2D eigenvalue weighted by molar-refractivity contribution is -0.150. The molecule has 2 aliphatic rings. The molecule has 4 N–H and O–H groups in total. The van der Waals surface area contributed by atoms with Gasteiger partial charge in [-0.2, -0.15) is 0 Å². The van der Waals surface area contributed by atoms with Crippen molar-refractivity contribution in [2.24, 2.45) is 0 Å². The number of carboxylic acids is 1. The summed E-state index contributed by atoms with van der Waals surface area (Å²) in [5.74, 6) is -2.18. The first-order chi connectivity index (χ1) is 22.3. The van der Waals surface area contributed by atoms with Gasteiger partial charge in [0.1, 0.15) is 23.7 Å². The lowest BCUT2D eigenvalue weighted by Gasteiger charge is -2.49. The lowest BCUT2D eigenvalue weighted by atomic mass is 10.0. The number of amides is 2. The van der Waals surface area contributed by atoms with E-state index in [1.54, 1.807) is 24.5 Å². The number of nitrogens with zero attached hydrogens (tertiary/aromatic N) is 2. The quantitative estimate of drug-likeness (QED) is 0.0873. The first-order valence-electron chi connectivity index (χ1n) is 14.7. The van der Waals surface area contributed by atoms with Gasteiger partial charge in [-0.1, -0.05) is 60.7 Å². The van der Waals surface area contributed by atoms with E-state index in [9.17, 15) is 24.3 Å². The van der Waals surface area contributed by atoms with Crippen LogP contribution in [-0.4, -0.2) is 81.4 Å². The number of benzene rings is 2. The van der Waals surface area contributed by atoms with E-state index in [4.69, 9.17) is 4.74 Å². The van der Waals surface area contributed by atoms with E-state index < -0.39 is 29.3 Å². The average Bonchev–Trinajstić information content (AvgIpc) is 3.08. The normalized spacial score (nSPS) is 16.8. The number of aromatic nitrogens is 1. The zero-order valence-corrected chi connectivity index (χ0v) is 27.0. The number of β-lactam (4-membered cyclic amide) rings is 1. The van der Waals surface area contributed by atoms with E-state index in [0.717, 1.165) is 36.0 Å². The Bertz CT molecular complexity index is 1450. The summed E-state index contributed by atoms with van der Waals surface area (Å²) in [5, 5.41) is 18.5. The van der Waals surface area contributed by atoms with Gasteiger partial charge < -0.3 is 25.8 Å². The Labute approximate surface area is 276 Å². The Morgan fingerprint density at radius 1 is 0.957 bits per heavy atom. The van der Waals surface area contributed by atoms with E-state index in [0.29, 0.717) is 11.3 Å². The molecule has 1 fully saturated rings. The van der Waals surface area contributed by atoms with Crippen molar-refractivity contribution in [3.8, 4) is 0 Å². The largest absolute Gasteiger partial charge is 0.477 e. The molecule has 2 unspecified atom stereocenters. The summed E-state index contributed by atoms with van der Waals surface area (Å²) < 4.78 is 4.88. The molecule has 13 heteroatoms. The maximum Gasteiger partial charge on any atom is 0.352 e. The Morgan fingerprint density at radius 3 is 2.09 bits per heavy atom. The maximum atomic E-state index is 12.5. The molecule has 242 valence electrons. The van der Waals surface area contributed by atoms with Gasteiger partial charge in [-0.3, -0.25) is 24.3 Å². The molecule has 2 aliphatic heterocycles. The summed E-state index contributed by atoms with van der Waals surface area (Å²) >= 11 is 2.64. The number of nitrogens with one attached hydrogen (secondary N) is 3. The third-order valence-corrected chi connectivity index (χ3v) is 9.21. The van der Waals surface area contributed by atoms with E-state index in [2.05, 4.69) is 69.5 Å². The van der Waals surface area contributed by atoms with Crippen molar-refractivity contribution in [2.45, 2.75) is 36.3 Å². The molecule has 3 heterocycles. The first-order valence-corrected chi connectivity index (χ1v) is 16.7. The molecular weight excluding hydrogens is 627 g/mol. The number of hydrogen-bond acceptors (Lipinski definition) is 10. The number of carboxylic acid groups (broad SMARTS) is 1. The molecule has 2 atom stereocenters. The summed E-state index contributed by atoms with van der Waals surface area (Å²) in [5.41, 5.74) is 2.85. The smallest absolute Gasteiger partial charge is 0.352 e. The molecule has 11 nitrogen and oxygen atoms in total. The van der Waals surface area contributed by atoms with Gasteiger partial charge in [0.15, 0.2) is 0 Å². The van der Waals surface area contributed by atoms with Crippen LogP contribution in [0, 0.1) is 0 Å². The van der Waals surface area contributed by atoms with Crippen molar-refractivity contribution in [3.05, 3.63) is 108 Å². The SMILES string of the molecule is CC(=O)OCC1=C(C(=O)O)N2C(=O)C(NC(=O)CSc3ccncc3)C2SC1.c1ccc(CNCCNCc2ccccc2)cc1. The highest BCUT2D eigenvalue weighted by atomic mass is 32.2. The highest BCUT2D eigenvalue weighted by Gasteiger charge is 2.54. The van der Waals surface area contributed by atoms with Crippen molar-refractivity contribution in [2.75, 3.05) is 31.2 Å². The zero-order valence-electron chi connectivity index (χ0n) is 25.4. The molecule has 1 aromatic heterocycles. The number of thioether (sulfide) groups is 2. The van der Waals surface area contributed by atoms with Gasteiger partial charge in [0.05, 0.1) is 5.75 Å². The van der Waals surface area contributed by atoms with Crippen LogP contribution in [0.3, 0.4) is 0 Å². The maximum absolute atomic E-state index is 12.5. The third kappa shape index (κ3) is 10.4. The predicted molar refractivity (Wildman–Crippen MR) is 178 cm³/mol. The number of pyridine rings is 1. The van der Waals surface area contributed by atoms with Crippen molar-refractivity contribution < 1.29 is 29.0 Å². The average molecular weight is 664 g/mol. The van der Waals surface area contributed by atoms with E-state index >= 15 is 0 Å². The van der Waals surface area contributed by atoms with Crippen LogP contribution >= 0.6 is 23.5 Å². The number of rotatable bonds is 14. The lowest BCUT2D eigenvalue weighted by Crippen LogP contribution is -2.70. The topological polar surface area (TPSA) is 150 Å². The zero-order chi connectivity index (χ0) is 32.7. The summed E-state index contributed by atoms with van der Waals surface area (Å²) in [6, 6.07) is 23.7. The predicted octanol–water partition coefficient (Wildman–Crippen LogP) is 3.04. The Kier molecular flexibility index (Phi) is 13.6. The molecule has 2 amide bonds. The van der Waals surface area contributed by atoms with E-state index in [-0.39, 0.29) is 24.0 Å². The minimum Gasteiger partial charge on any atom is -0.477 e. The summed E-state index contributed by atoms with van der Waals surface area (Å²) in [6.07, 6.45) is 3.25. The molecule has 0 spiro atoms. The van der Waals surface area contributed by atoms with Gasteiger partial charge in [0.25, 0.3) is 5.91 Å². The number of hydrogen-bond donors (Lipinski definition) is 4. The van der Waals surface area contributed by atoms with Crippen LogP contribution in [-0.2, 0) is 37.0 Å². The number of esters is 1. The van der Waals surface area contributed by atoms with Crippen LogP contribution in [0.5, 0.6) is 0 Å². The molecule has 5 rings (SSSR count). The minimum absolute atomic E-state index is 0.129. The van der Waals surface area contributed by atoms with E-state index in [1.807, 2.05) is 12.1 Å². The van der Waals surface area contributed by atoms with Crippen molar-refractivity contribution in [3.63, 3.8) is 0 Å². The molecule has 46 heavy (non-hydrogen) atoms. The second-order valence-corrected chi connectivity index (χ2v) is 12.4. The summed E-state index contributed by atoms with van der Waals surface area (Å²) in [6.45, 7) is 4.90. The van der Waals surface area contributed by atoms with Crippen LogP contribution in [0.2, 0.25) is 0 Å². The van der Waals surface area contributed by atoms with Crippen LogP contribution < -0.4 is 16.0 Å². The monoisotopic (exact) mass is 663 g/mol. The molecule has 2 aromatic carbocycles. The van der Waals surface area contributed by atoms with Crippen LogP contribution in [0.15, 0.2) is 101 Å². The molecule has 3 aromatic rings. The Morgan fingerprint density at radius 2 is 1.54 bits per heavy atom. The first kappa shape index (κ1) is 34.7. The number of aliphatic carboxylic acids is 1. The summed E-state index contributed by atoms with van der Waals surface area (Å²) in [4.78, 5) is 53.2. The van der Waals surface area contributed by atoms with Gasteiger partial charge in [0, 0.05) is 61.7 Å². The second kappa shape index (κ2) is 18.1. The highest BCUT2D eigenvalue weighted by Crippen LogP contribution is 2.40. The molecule has 1 saturated heterocycles. The molecule has 0 saturated carbocycles. The number of ether oxygens (including phenoxy) is 1. The summed E-state index contributed by atoms with van der Waals surface area (Å²) in [7, 11) is 0. The minimum atomic E-state index is -1.26. The van der Waals surface area contributed by atoms with Crippen LogP contribution in [0.25, 0.3) is 0 Å². The van der Waals surface area contributed by atoms with Gasteiger partial charge in [-0.25, -0.2) is 4.79 Å². The number of fused-ring (bicyclic) bond motifs is 1. The number of carbonyl (C=O) groups excluding carboxylic acids is 3. The fraction of sp³-hybridized carbons (Fsp3) is 0.303. The second-order valence-electron chi connectivity index (χ2n) is 10.3. The Balaban J connectivity index is 0.000000230. The highest BCUT2D eigenvalue weighted by molar-refractivity contribution is 8.00. The van der Waals surface area contributed by atoms with Crippen molar-refractivity contribution in [1.82, 2.24) is 25.8 Å². The van der Waals surface area contributed by atoms with Crippen LogP contribution in [0.1, 0.15) is 18.1 Å². The Hall–Kier alpha value is -4.17. The molecule has 0 bridgehead atoms. The fourth-order valence-corrected chi connectivity index (χ4v) is 6.64. The fourth-order valence-electron chi connectivity index (χ4n) is 4.62. The standard InChI is InChI=1S/C17H17N3O6S2.C16H20N2/c1-9(21)26-6-10-7-28-16-13(15(23)20(16)14(10)17(24)25)19-12(22)8-27-11-2-4-18-5-3-11;1-3-7-15(8-4-1)13-17-11-12-18-14-16-9-5-2-6-10-16/h2-5,13,16H,6-8H2,1H3,(H,19,22)(H,24,25);1-10,17-18H,11-14H2.